The maximum atomic E-state index is 15.4. The number of primary amides is 1. The number of carbonyl (C=O) groups is 1. The number of H-pyrrole nitrogens is 1. The average molecular weight is 468 g/mol. The number of aliphatic hydroxyl groups is 1. The van der Waals surface area contributed by atoms with Crippen molar-refractivity contribution in [2.45, 2.75) is 19.4 Å². The third-order valence-electron chi connectivity index (χ3n) is 5.43. The van der Waals surface area contributed by atoms with Crippen molar-refractivity contribution < 1.29 is 22.7 Å². The minimum Gasteiger partial charge on any atom is -0.386 e. The molecule has 0 bridgehead atoms. The summed E-state index contributed by atoms with van der Waals surface area (Å²) < 4.78 is 41.5. The molecule has 9 heteroatoms. The maximum absolute atomic E-state index is 15.4. The summed E-state index contributed by atoms with van der Waals surface area (Å²) >= 11 is 0. The molecular weight excluding hydrogens is 445 g/mol. The van der Waals surface area contributed by atoms with Gasteiger partial charge in [-0.25, -0.2) is 12.8 Å². The molecule has 1 heterocycles. The van der Waals surface area contributed by atoms with Gasteiger partial charge in [0.2, 0.25) is 0 Å². The number of anilines is 1. The Balaban J connectivity index is 2.05. The molecule has 170 valence electrons. The summed E-state index contributed by atoms with van der Waals surface area (Å²) in [5.41, 5.74) is 6.75. The van der Waals surface area contributed by atoms with E-state index in [0.717, 1.165) is 11.5 Å². The molecule has 0 fully saturated rings. The molecule has 0 saturated heterocycles. The van der Waals surface area contributed by atoms with Gasteiger partial charge in [-0.05, 0) is 49.2 Å². The van der Waals surface area contributed by atoms with Gasteiger partial charge in [-0.2, -0.15) is 0 Å². The number of sulfonamides is 1. The van der Waals surface area contributed by atoms with E-state index < -0.39 is 27.3 Å². The largest absolute Gasteiger partial charge is 0.386 e. The molecule has 33 heavy (non-hydrogen) atoms. The van der Waals surface area contributed by atoms with Crippen LogP contribution in [-0.2, 0) is 15.6 Å². The van der Waals surface area contributed by atoms with Gasteiger partial charge in [0.15, 0.2) is 0 Å². The van der Waals surface area contributed by atoms with Crippen molar-refractivity contribution in [3.63, 3.8) is 0 Å². The van der Waals surface area contributed by atoms with Gasteiger partial charge in [0.05, 0.1) is 16.7 Å². The zero-order valence-corrected chi connectivity index (χ0v) is 18.8. The van der Waals surface area contributed by atoms with Crippen molar-refractivity contribution in [2.75, 3.05) is 4.72 Å². The highest BCUT2D eigenvalue weighted by molar-refractivity contribution is 7.95. The maximum Gasteiger partial charge on any atom is 0.254 e. The zero-order chi connectivity index (χ0) is 24.1. The number of rotatable bonds is 6. The first kappa shape index (κ1) is 22.5. The third kappa shape index (κ3) is 4.08. The number of aromatic amines is 1. The van der Waals surface area contributed by atoms with Crippen LogP contribution in [0.5, 0.6) is 0 Å². The van der Waals surface area contributed by atoms with E-state index in [1.807, 2.05) is 0 Å². The molecule has 1 aromatic heterocycles. The zero-order valence-electron chi connectivity index (χ0n) is 17.9. The Labute approximate surface area is 189 Å². The average Bonchev–Trinajstić information content (AvgIpc) is 3.10. The quantitative estimate of drug-likeness (QED) is 0.337. The topological polar surface area (TPSA) is 125 Å². The Hall–Kier alpha value is -3.69. The Morgan fingerprint density at radius 2 is 1.94 bits per heavy atom. The summed E-state index contributed by atoms with van der Waals surface area (Å²) in [7, 11) is -3.76. The summed E-state index contributed by atoms with van der Waals surface area (Å²) in [5.74, 6) is -1.49. The van der Waals surface area contributed by atoms with Gasteiger partial charge in [-0.15, -0.1) is 0 Å². The van der Waals surface area contributed by atoms with Gasteiger partial charge in [-0.1, -0.05) is 30.8 Å². The number of nitrogens with two attached hydrogens (primary N) is 1. The molecule has 7 nitrogen and oxygen atoms in total. The van der Waals surface area contributed by atoms with Gasteiger partial charge in [0, 0.05) is 32.9 Å². The second kappa shape index (κ2) is 7.72. The van der Waals surface area contributed by atoms with Crippen molar-refractivity contribution in [2.24, 2.45) is 5.73 Å². The predicted molar refractivity (Wildman–Crippen MR) is 128 cm³/mol. The lowest BCUT2D eigenvalue weighted by molar-refractivity contribution is 0.0787. The van der Waals surface area contributed by atoms with Crippen molar-refractivity contribution in [3.05, 3.63) is 77.5 Å². The van der Waals surface area contributed by atoms with E-state index in [2.05, 4.69) is 16.3 Å². The highest BCUT2D eigenvalue weighted by Crippen LogP contribution is 2.40. The Kier molecular flexibility index (Phi) is 5.26. The summed E-state index contributed by atoms with van der Waals surface area (Å²) in [5, 5.41) is 12.2. The Morgan fingerprint density at radius 3 is 2.58 bits per heavy atom. The predicted octanol–water partition coefficient (Wildman–Crippen LogP) is 4.34. The number of hydrogen-bond donors (Lipinski definition) is 4. The number of amides is 1. The van der Waals surface area contributed by atoms with Crippen molar-refractivity contribution in [1.29, 1.82) is 0 Å². The van der Waals surface area contributed by atoms with Gasteiger partial charge in [0.1, 0.15) is 5.82 Å². The smallest absolute Gasteiger partial charge is 0.254 e. The van der Waals surface area contributed by atoms with Gasteiger partial charge in [-0.3, -0.25) is 9.52 Å². The van der Waals surface area contributed by atoms with Crippen LogP contribution in [0.15, 0.2) is 60.5 Å². The van der Waals surface area contributed by atoms with Crippen molar-refractivity contribution in [1.82, 2.24) is 4.98 Å². The summed E-state index contributed by atoms with van der Waals surface area (Å²) in [4.78, 5) is 15.2. The molecule has 1 amide bonds. The normalized spacial score (nSPS) is 12.2. The first-order chi connectivity index (χ1) is 15.4. The molecule has 4 aromatic rings. The van der Waals surface area contributed by atoms with E-state index >= 15 is 4.39 Å². The Morgan fingerprint density at radius 1 is 1.21 bits per heavy atom. The lowest BCUT2D eigenvalue weighted by Gasteiger charge is -2.17. The van der Waals surface area contributed by atoms with Crippen LogP contribution in [0.1, 0.15) is 29.8 Å². The summed E-state index contributed by atoms with van der Waals surface area (Å²) in [6, 6.07) is 12.5. The highest BCUT2D eigenvalue weighted by Gasteiger charge is 2.23. The molecule has 0 atom stereocenters. The fraction of sp³-hybridized carbons (Fsp3) is 0.125. The first-order valence-corrected chi connectivity index (χ1v) is 11.5. The standard InChI is InChI=1S/C24H22FN3O4S/c1-4-33(31,32)28-15-7-5-6-13(10-15)20-18(25)12-17(23(26)29)22-21(20)16-9-8-14(24(2,3)30)11-19(16)27-22/h4-12,27-28,30H,1H2,2-3H3,(H2,26,29). The lowest BCUT2D eigenvalue weighted by Crippen LogP contribution is -2.14. The molecule has 0 aliphatic rings. The molecule has 0 aliphatic heterocycles. The Bertz CT molecular complexity index is 1550. The lowest BCUT2D eigenvalue weighted by atomic mass is 9.94. The fourth-order valence-electron chi connectivity index (χ4n) is 3.85. The van der Waals surface area contributed by atoms with E-state index in [-0.39, 0.29) is 16.8 Å². The van der Waals surface area contributed by atoms with Crippen LogP contribution in [0.3, 0.4) is 0 Å². The fourth-order valence-corrected chi connectivity index (χ4v) is 4.39. The molecule has 0 radical (unpaired) electrons. The molecule has 4 rings (SSSR count). The first-order valence-electron chi connectivity index (χ1n) is 9.97. The van der Waals surface area contributed by atoms with Crippen LogP contribution in [0.25, 0.3) is 32.9 Å². The number of aromatic nitrogens is 1. The van der Waals surface area contributed by atoms with Gasteiger partial charge in [0.25, 0.3) is 15.9 Å². The van der Waals surface area contributed by atoms with Crippen molar-refractivity contribution >= 4 is 43.4 Å². The highest BCUT2D eigenvalue weighted by atomic mass is 32.2. The van der Waals surface area contributed by atoms with Crippen LogP contribution in [0.4, 0.5) is 10.1 Å². The van der Waals surface area contributed by atoms with Gasteiger partial charge >= 0.3 is 0 Å². The monoisotopic (exact) mass is 467 g/mol. The molecule has 0 spiro atoms. The third-order valence-corrected chi connectivity index (χ3v) is 6.39. The van der Waals surface area contributed by atoms with Crippen LogP contribution in [0.2, 0.25) is 0 Å². The van der Waals surface area contributed by atoms with E-state index in [0.29, 0.717) is 32.9 Å². The SMILES string of the molecule is C=CS(=O)(=O)Nc1cccc(-c2c(F)cc(C(N)=O)c3[nH]c4cc(C(C)(C)O)ccc4c23)c1. The number of halogens is 1. The van der Waals surface area contributed by atoms with Gasteiger partial charge < -0.3 is 15.8 Å². The second-order valence-electron chi connectivity index (χ2n) is 8.23. The number of benzene rings is 3. The second-order valence-corrected chi connectivity index (χ2v) is 9.86. The molecule has 0 saturated carbocycles. The summed E-state index contributed by atoms with van der Waals surface area (Å²) in [6.07, 6.45) is 0. The number of fused-ring (bicyclic) bond motifs is 3. The van der Waals surface area contributed by atoms with Crippen LogP contribution in [0, 0.1) is 5.82 Å². The minimum absolute atomic E-state index is 0.0178. The molecule has 3 aromatic carbocycles. The van der Waals surface area contributed by atoms with E-state index in [1.165, 1.54) is 12.1 Å². The van der Waals surface area contributed by atoms with E-state index in [9.17, 15) is 18.3 Å². The van der Waals surface area contributed by atoms with Crippen LogP contribution in [-0.4, -0.2) is 24.4 Å². The summed E-state index contributed by atoms with van der Waals surface area (Å²) in [6.45, 7) is 6.56. The van der Waals surface area contributed by atoms with E-state index in [4.69, 9.17) is 5.73 Å². The number of carbonyl (C=O) groups excluding carboxylic acids is 1. The molecule has 5 N–H and O–H groups in total. The molecule has 0 unspecified atom stereocenters. The van der Waals surface area contributed by atoms with Crippen LogP contribution >= 0.6 is 0 Å². The number of hydrogen-bond acceptors (Lipinski definition) is 4. The van der Waals surface area contributed by atoms with Crippen molar-refractivity contribution in [3.8, 4) is 11.1 Å². The molecular formula is C24H22FN3O4S. The molecule has 0 aliphatic carbocycles. The van der Waals surface area contributed by atoms with E-state index in [1.54, 1.807) is 44.2 Å². The number of nitrogens with one attached hydrogen (secondary N) is 2. The van der Waals surface area contributed by atoms with Crippen LogP contribution < -0.4 is 10.5 Å². The minimum atomic E-state index is -3.76.